The van der Waals surface area contributed by atoms with Crippen LogP contribution in [0.2, 0.25) is 0 Å². The lowest BCUT2D eigenvalue weighted by Gasteiger charge is -2.08. The maximum Gasteiger partial charge on any atom is 0.121 e. The second kappa shape index (κ2) is 11.0. The first-order valence-electron chi connectivity index (χ1n) is 10.0. The fraction of sp³-hybridized carbons (Fsp3) is 0. The molecule has 0 unspecified atom stereocenters. The Balaban J connectivity index is 1.77. The third-order valence-electron chi connectivity index (χ3n) is 4.42. The van der Waals surface area contributed by atoms with Gasteiger partial charge in [0.1, 0.15) is 11.4 Å². The fourth-order valence-electron chi connectivity index (χ4n) is 2.89. The monoisotopic (exact) mass is 416 g/mol. The van der Waals surface area contributed by atoms with E-state index in [9.17, 15) is 0 Å². The van der Waals surface area contributed by atoms with Crippen LogP contribution >= 0.6 is 0 Å². The van der Waals surface area contributed by atoms with Gasteiger partial charge in [0.2, 0.25) is 0 Å². The maximum atomic E-state index is 4.53. The van der Waals surface area contributed by atoms with E-state index < -0.39 is 0 Å². The van der Waals surface area contributed by atoms with Gasteiger partial charge in [-0.2, -0.15) is 10.2 Å². The molecule has 32 heavy (non-hydrogen) atoms. The highest BCUT2D eigenvalue weighted by molar-refractivity contribution is 6.53. The molecule has 6 nitrogen and oxygen atoms in total. The van der Waals surface area contributed by atoms with Crippen molar-refractivity contribution in [2.75, 3.05) is 0 Å². The molecule has 0 aliphatic carbocycles. The number of aromatic nitrogens is 2. The van der Waals surface area contributed by atoms with Gasteiger partial charge in [0, 0.05) is 47.0 Å². The van der Waals surface area contributed by atoms with Gasteiger partial charge in [-0.05, 0) is 12.1 Å². The Labute approximate surface area is 186 Å². The molecular weight excluding hydrogens is 396 g/mol. The fourth-order valence-corrected chi connectivity index (χ4v) is 2.89. The van der Waals surface area contributed by atoms with E-state index in [2.05, 4.69) is 30.4 Å². The summed E-state index contributed by atoms with van der Waals surface area (Å²) in [5.41, 5.74) is 4.71. The summed E-state index contributed by atoms with van der Waals surface area (Å²) in [5, 5.41) is 17.7. The molecule has 0 radical (unpaired) electrons. The minimum atomic E-state index is 0.611. The predicted octanol–water partition coefficient (Wildman–Crippen LogP) is 4.82. The highest BCUT2D eigenvalue weighted by Crippen LogP contribution is 2.11. The average molecular weight is 416 g/mol. The summed E-state index contributed by atoms with van der Waals surface area (Å²) in [5.74, 6) is 0. The van der Waals surface area contributed by atoms with Gasteiger partial charge in [-0.1, -0.05) is 72.8 Å². The van der Waals surface area contributed by atoms with Crippen LogP contribution in [0.4, 0.5) is 0 Å². The van der Waals surface area contributed by atoms with Crippen molar-refractivity contribution in [1.29, 1.82) is 0 Å². The Morgan fingerprint density at radius 1 is 0.531 bits per heavy atom. The first-order valence-corrected chi connectivity index (χ1v) is 10.0. The molecule has 0 atom stereocenters. The number of benzene rings is 2. The minimum Gasteiger partial charge on any atom is -0.264 e. The van der Waals surface area contributed by atoms with Crippen LogP contribution in [0.15, 0.2) is 130 Å². The number of rotatable bonds is 7. The maximum absolute atomic E-state index is 4.53. The molecule has 0 fully saturated rings. The highest BCUT2D eigenvalue weighted by Gasteiger charge is 2.14. The number of hydrogen-bond acceptors (Lipinski definition) is 6. The molecule has 6 heteroatoms. The molecule has 2 aromatic heterocycles. The molecule has 0 spiro atoms. The van der Waals surface area contributed by atoms with Gasteiger partial charge in [-0.25, -0.2) is 0 Å². The summed E-state index contributed by atoms with van der Waals surface area (Å²) in [6.45, 7) is 0. The van der Waals surface area contributed by atoms with Gasteiger partial charge < -0.3 is 0 Å². The molecular formula is C26H20N6. The van der Waals surface area contributed by atoms with E-state index in [1.807, 2.05) is 84.9 Å². The SMILES string of the molecule is C(=N/N=C(/C(=N/N=C/c1cccnc1)c1ccccc1)c1ccccc1)\c1cccnc1. The zero-order valence-electron chi connectivity index (χ0n) is 17.2. The van der Waals surface area contributed by atoms with Crippen molar-refractivity contribution in [2.45, 2.75) is 0 Å². The lowest BCUT2D eigenvalue weighted by molar-refractivity contribution is 1.22. The van der Waals surface area contributed by atoms with E-state index >= 15 is 0 Å². The standard InChI is InChI=1S/C26H20N6/c1-3-11-23(12-4-1)25(31-29-19-21-9-7-15-27-17-21)26(24-13-5-2-6-14-24)32-30-20-22-10-8-16-28-18-22/h1-20H/b29-19+,30-20+,31-25+,32-26+. The van der Waals surface area contributed by atoms with Gasteiger partial charge in [-0.15, -0.1) is 10.2 Å². The normalized spacial score (nSPS) is 12.5. The van der Waals surface area contributed by atoms with Crippen LogP contribution in [-0.2, 0) is 0 Å². The quantitative estimate of drug-likeness (QED) is 0.320. The van der Waals surface area contributed by atoms with E-state index in [-0.39, 0.29) is 0 Å². The Morgan fingerprint density at radius 3 is 1.34 bits per heavy atom. The molecule has 0 amide bonds. The van der Waals surface area contributed by atoms with Crippen LogP contribution in [0.1, 0.15) is 22.3 Å². The first-order chi connectivity index (χ1) is 15.9. The van der Waals surface area contributed by atoms with E-state index in [0.717, 1.165) is 22.3 Å². The summed E-state index contributed by atoms with van der Waals surface area (Å²) in [7, 11) is 0. The van der Waals surface area contributed by atoms with E-state index in [1.54, 1.807) is 37.2 Å². The number of nitrogens with zero attached hydrogens (tertiary/aromatic N) is 6. The summed E-state index contributed by atoms with van der Waals surface area (Å²) >= 11 is 0. The third kappa shape index (κ3) is 5.73. The largest absolute Gasteiger partial charge is 0.264 e. The van der Waals surface area contributed by atoms with Crippen LogP contribution in [-0.4, -0.2) is 33.8 Å². The number of pyridine rings is 2. The van der Waals surface area contributed by atoms with Crippen molar-refractivity contribution in [3.63, 3.8) is 0 Å². The summed E-state index contributed by atoms with van der Waals surface area (Å²) in [6, 6.07) is 27.2. The average Bonchev–Trinajstić information content (AvgIpc) is 2.87. The highest BCUT2D eigenvalue weighted by atomic mass is 15.2. The lowest BCUT2D eigenvalue weighted by atomic mass is 10.00. The van der Waals surface area contributed by atoms with Crippen molar-refractivity contribution in [2.24, 2.45) is 20.4 Å². The van der Waals surface area contributed by atoms with E-state index in [1.165, 1.54) is 0 Å². The zero-order chi connectivity index (χ0) is 21.8. The van der Waals surface area contributed by atoms with Gasteiger partial charge in [-0.3, -0.25) is 9.97 Å². The van der Waals surface area contributed by atoms with Crippen LogP contribution in [0.5, 0.6) is 0 Å². The Bertz CT molecular complexity index is 1130. The molecule has 0 aliphatic heterocycles. The Kier molecular flexibility index (Phi) is 7.10. The molecule has 4 aromatic rings. The van der Waals surface area contributed by atoms with E-state index in [0.29, 0.717) is 11.4 Å². The van der Waals surface area contributed by atoms with Gasteiger partial charge in [0.05, 0.1) is 12.4 Å². The van der Waals surface area contributed by atoms with Crippen LogP contribution in [0.25, 0.3) is 0 Å². The molecule has 0 saturated heterocycles. The summed E-state index contributed by atoms with van der Waals surface area (Å²) in [6.07, 6.45) is 10.2. The topological polar surface area (TPSA) is 75.2 Å². The first kappa shape index (κ1) is 20.7. The molecule has 154 valence electrons. The minimum absolute atomic E-state index is 0.611. The zero-order valence-corrected chi connectivity index (χ0v) is 17.2. The van der Waals surface area contributed by atoms with Crippen molar-refractivity contribution >= 4 is 23.9 Å². The second-order valence-corrected chi connectivity index (χ2v) is 6.69. The molecule has 0 aliphatic rings. The lowest BCUT2D eigenvalue weighted by Crippen LogP contribution is -2.17. The molecule has 0 N–H and O–H groups in total. The predicted molar refractivity (Wildman–Crippen MR) is 130 cm³/mol. The van der Waals surface area contributed by atoms with Crippen molar-refractivity contribution in [3.05, 3.63) is 132 Å². The van der Waals surface area contributed by atoms with Gasteiger partial charge >= 0.3 is 0 Å². The van der Waals surface area contributed by atoms with E-state index in [4.69, 9.17) is 0 Å². The summed E-state index contributed by atoms with van der Waals surface area (Å²) < 4.78 is 0. The smallest absolute Gasteiger partial charge is 0.121 e. The van der Waals surface area contributed by atoms with Crippen molar-refractivity contribution < 1.29 is 0 Å². The van der Waals surface area contributed by atoms with Gasteiger partial charge in [0.15, 0.2) is 0 Å². The van der Waals surface area contributed by atoms with Gasteiger partial charge in [0.25, 0.3) is 0 Å². The molecule has 0 saturated carbocycles. The van der Waals surface area contributed by atoms with Crippen LogP contribution in [0, 0.1) is 0 Å². The molecule has 2 aromatic carbocycles. The molecule has 2 heterocycles. The Hall–Kier alpha value is -4.58. The van der Waals surface area contributed by atoms with Crippen LogP contribution in [0.3, 0.4) is 0 Å². The number of hydrogen-bond donors (Lipinski definition) is 0. The molecule has 4 rings (SSSR count). The van der Waals surface area contributed by atoms with Crippen molar-refractivity contribution in [1.82, 2.24) is 9.97 Å². The summed E-state index contributed by atoms with van der Waals surface area (Å²) in [4.78, 5) is 8.21. The Morgan fingerprint density at radius 2 is 0.969 bits per heavy atom. The third-order valence-corrected chi connectivity index (χ3v) is 4.42. The van der Waals surface area contributed by atoms with Crippen LogP contribution < -0.4 is 0 Å². The molecule has 0 bridgehead atoms. The second-order valence-electron chi connectivity index (χ2n) is 6.69. The van der Waals surface area contributed by atoms with Crippen molar-refractivity contribution in [3.8, 4) is 0 Å².